The summed E-state index contributed by atoms with van der Waals surface area (Å²) >= 11 is 0. The van der Waals surface area contributed by atoms with Crippen molar-refractivity contribution in [2.24, 2.45) is 11.8 Å². The number of phosphoric acid groups is 2. The first-order valence-corrected chi connectivity index (χ1v) is 46.5. The largest absolute Gasteiger partial charge is 0.472 e. The van der Waals surface area contributed by atoms with Crippen molar-refractivity contribution >= 4 is 39.5 Å². The van der Waals surface area contributed by atoms with Gasteiger partial charge in [0.2, 0.25) is 0 Å². The summed E-state index contributed by atoms with van der Waals surface area (Å²) in [6.45, 7) is 9.57. The van der Waals surface area contributed by atoms with Gasteiger partial charge in [0.25, 0.3) is 0 Å². The lowest BCUT2D eigenvalue weighted by Gasteiger charge is -2.21. The SMILES string of the molecule is CCCCCCCCCCCCCCCCCCCCCCC(=O)OC[C@H](COP(=O)(O)OC[C@@H](O)COP(=O)(O)OC[C@@H](COC(=O)CCCCCCCCC(C)C)OC(=O)CCCCCCCCCCCCCC(C)C)OC(=O)CCCCCCCCCCCCCCCCCCCCCC. The molecule has 19 heteroatoms. The normalized spacial score (nSPS) is 13.9. The molecule has 0 amide bonds. The van der Waals surface area contributed by atoms with Crippen LogP contribution >= 0.6 is 15.6 Å². The number of ether oxygens (including phenoxy) is 4. The van der Waals surface area contributed by atoms with E-state index in [-0.39, 0.29) is 25.7 Å². The maximum atomic E-state index is 13.1. The second kappa shape index (κ2) is 75.5. The first-order valence-electron chi connectivity index (χ1n) is 43.5. The Morgan fingerprint density at radius 1 is 0.262 bits per heavy atom. The van der Waals surface area contributed by atoms with Crippen molar-refractivity contribution in [1.29, 1.82) is 0 Å². The Bertz CT molecular complexity index is 1980. The van der Waals surface area contributed by atoms with E-state index in [1.54, 1.807) is 0 Å². The van der Waals surface area contributed by atoms with E-state index in [0.717, 1.165) is 102 Å². The molecule has 0 spiro atoms. The molecule has 0 heterocycles. The summed E-state index contributed by atoms with van der Waals surface area (Å²) in [5, 5.41) is 10.7. The Balaban J connectivity index is 5.20. The van der Waals surface area contributed by atoms with Crippen LogP contribution in [0.1, 0.15) is 446 Å². The molecule has 0 aliphatic heterocycles. The lowest BCUT2D eigenvalue weighted by molar-refractivity contribution is -0.161. The van der Waals surface area contributed by atoms with Gasteiger partial charge in [-0.2, -0.15) is 0 Å². The number of carbonyl (C=O) groups excluding carboxylic acids is 4. The van der Waals surface area contributed by atoms with Gasteiger partial charge < -0.3 is 33.8 Å². The van der Waals surface area contributed by atoms with Crippen LogP contribution in [0.3, 0.4) is 0 Å². The maximum absolute atomic E-state index is 13.1. The number of rotatable bonds is 83. The van der Waals surface area contributed by atoms with Crippen molar-refractivity contribution in [1.82, 2.24) is 0 Å². The highest BCUT2D eigenvalue weighted by Gasteiger charge is 2.30. The fourth-order valence-electron chi connectivity index (χ4n) is 13.1. The molecule has 612 valence electrons. The van der Waals surface area contributed by atoms with E-state index in [4.69, 9.17) is 37.0 Å². The highest BCUT2D eigenvalue weighted by molar-refractivity contribution is 7.47. The molecule has 0 radical (unpaired) electrons. The third-order valence-corrected chi connectivity index (χ3v) is 21.6. The minimum absolute atomic E-state index is 0.106. The summed E-state index contributed by atoms with van der Waals surface area (Å²) in [6.07, 6.45) is 67.0. The third kappa shape index (κ3) is 78.0. The summed E-state index contributed by atoms with van der Waals surface area (Å²) < 4.78 is 68.8. The summed E-state index contributed by atoms with van der Waals surface area (Å²) in [7, 11) is -9.92. The molecule has 2 unspecified atom stereocenters. The predicted octanol–water partition coefficient (Wildman–Crippen LogP) is 25.5. The monoisotopic (exact) mass is 1510 g/mol. The highest BCUT2D eigenvalue weighted by Crippen LogP contribution is 2.45. The minimum Gasteiger partial charge on any atom is -0.462 e. The van der Waals surface area contributed by atoms with Gasteiger partial charge in [0.1, 0.15) is 19.3 Å². The molecule has 103 heavy (non-hydrogen) atoms. The second-order valence-electron chi connectivity index (χ2n) is 31.2. The van der Waals surface area contributed by atoms with E-state index in [2.05, 4.69) is 41.5 Å². The fraction of sp³-hybridized carbons (Fsp3) is 0.952. The van der Waals surface area contributed by atoms with Gasteiger partial charge in [-0.1, -0.05) is 395 Å². The third-order valence-electron chi connectivity index (χ3n) is 19.7. The van der Waals surface area contributed by atoms with Crippen molar-refractivity contribution in [2.75, 3.05) is 39.6 Å². The first-order chi connectivity index (χ1) is 49.9. The standard InChI is InChI=1S/C84H164O17P2/c1-7-9-11-13-15-17-19-21-23-25-27-29-31-33-35-39-43-47-54-60-66-81(86)94-72-79(100-83(88)68-62-56-48-44-40-36-34-32-30-28-26-24-22-20-18-16-14-12-10-8-2)74-98-102(90,91)96-70-78(85)71-97-103(92,93)99-75-80(73-95-82(87)67-61-55-51-50-53-59-65-77(5)6)101-84(89)69-63-57-49-45-41-37-38-42-46-52-58-64-76(3)4/h76-80,85H,7-75H2,1-6H3,(H,90,91)(H,92,93)/t78-,79-,80-/m1/s1. The van der Waals surface area contributed by atoms with E-state index >= 15 is 0 Å². The van der Waals surface area contributed by atoms with Crippen LogP contribution in [0, 0.1) is 11.8 Å². The van der Waals surface area contributed by atoms with Crippen LogP contribution in [0.25, 0.3) is 0 Å². The molecule has 5 atom stereocenters. The number of carbonyl (C=O) groups is 4. The van der Waals surface area contributed by atoms with Gasteiger partial charge in [-0.25, -0.2) is 9.13 Å². The van der Waals surface area contributed by atoms with Crippen molar-refractivity contribution in [3.8, 4) is 0 Å². The number of esters is 4. The van der Waals surface area contributed by atoms with Crippen molar-refractivity contribution in [3.05, 3.63) is 0 Å². The van der Waals surface area contributed by atoms with Crippen LogP contribution < -0.4 is 0 Å². The van der Waals surface area contributed by atoms with Crippen LogP contribution in [0.4, 0.5) is 0 Å². The molecule has 0 aromatic heterocycles. The van der Waals surface area contributed by atoms with Gasteiger partial charge in [-0.15, -0.1) is 0 Å². The smallest absolute Gasteiger partial charge is 0.462 e. The van der Waals surface area contributed by atoms with E-state index in [1.807, 2.05) is 0 Å². The topological polar surface area (TPSA) is 237 Å². The molecule has 0 saturated heterocycles. The molecule has 0 bridgehead atoms. The van der Waals surface area contributed by atoms with Gasteiger partial charge in [0.05, 0.1) is 26.4 Å². The second-order valence-corrected chi connectivity index (χ2v) is 34.1. The Hall–Kier alpha value is -1.94. The van der Waals surface area contributed by atoms with E-state index in [1.165, 1.54) is 257 Å². The van der Waals surface area contributed by atoms with Gasteiger partial charge in [-0.05, 0) is 37.5 Å². The molecule has 0 aromatic carbocycles. The lowest BCUT2D eigenvalue weighted by atomic mass is 10.0. The minimum atomic E-state index is -4.96. The maximum Gasteiger partial charge on any atom is 0.472 e. The van der Waals surface area contributed by atoms with Gasteiger partial charge in [-0.3, -0.25) is 37.3 Å². The molecule has 0 fully saturated rings. The number of hydrogen-bond donors (Lipinski definition) is 3. The van der Waals surface area contributed by atoms with Crippen LogP contribution in [0.15, 0.2) is 0 Å². The Kier molecular flexibility index (Phi) is 74.1. The van der Waals surface area contributed by atoms with Crippen LogP contribution in [0.2, 0.25) is 0 Å². The van der Waals surface area contributed by atoms with E-state index < -0.39 is 97.5 Å². The predicted molar refractivity (Wildman–Crippen MR) is 423 cm³/mol. The molecule has 0 aliphatic carbocycles. The zero-order chi connectivity index (χ0) is 75.6. The van der Waals surface area contributed by atoms with Crippen molar-refractivity contribution < 1.29 is 80.2 Å². The molecule has 0 aromatic rings. The molecule has 17 nitrogen and oxygen atoms in total. The molecular weight excluding hydrogens is 1340 g/mol. The lowest BCUT2D eigenvalue weighted by Crippen LogP contribution is -2.30. The number of unbranched alkanes of at least 4 members (excludes halogenated alkanes) is 53. The quantitative estimate of drug-likeness (QED) is 0.0222. The van der Waals surface area contributed by atoms with Crippen LogP contribution in [-0.4, -0.2) is 96.7 Å². The Morgan fingerprint density at radius 3 is 0.660 bits per heavy atom. The summed E-state index contributed by atoms with van der Waals surface area (Å²) in [6, 6.07) is 0. The number of aliphatic hydroxyl groups excluding tert-OH is 1. The average Bonchev–Trinajstić information content (AvgIpc) is 0.911. The molecule has 0 aliphatic rings. The highest BCUT2D eigenvalue weighted by atomic mass is 31.2. The van der Waals surface area contributed by atoms with Crippen molar-refractivity contribution in [3.63, 3.8) is 0 Å². The summed E-state index contributed by atoms with van der Waals surface area (Å²) in [4.78, 5) is 73.1. The first kappa shape index (κ1) is 101. The summed E-state index contributed by atoms with van der Waals surface area (Å²) in [5.74, 6) is -0.664. The van der Waals surface area contributed by atoms with E-state index in [0.29, 0.717) is 31.6 Å². The molecule has 0 saturated carbocycles. The fourth-order valence-corrected chi connectivity index (χ4v) is 14.6. The van der Waals surface area contributed by atoms with Gasteiger partial charge >= 0.3 is 39.5 Å². The van der Waals surface area contributed by atoms with Crippen LogP contribution in [0.5, 0.6) is 0 Å². The zero-order valence-electron chi connectivity index (χ0n) is 67.6. The number of phosphoric ester groups is 2. The van der Waals surface area contributed by atoms with Gasteiger partial charge in [0, 0.05) is 25.7 Å². The van der Waals surface area contributed by atoms with E-state index in [9.17, 15) is 43.2 Å². The zero-order valence-corrected chi connectivity index (χ0v) is 69.4. The average molecular weight is 1510 g/mol. The number of hydrogen-bond acceptors (Lipinski definition) is 15. The number of aliphatic hydroxyl groups is 1. The Morgan fingerprint density at radius 2 is 0.447 bits per heavy atom. The molecular formula is C84H164O17P2. The Labute approximate surface area is 632 Å². The van der Waals surface area contributed by atoms with Crippen molar-refractivity contribution in [2.45, 2.75) is 464 Å². The molecule has 3 N–H and O–H groups in total. The van der Waals surface area contributed by atoms with Gasteiger partial charge in [0.15, 0.2) is 12.2 Å². The molecule has 0 rings (SSSR count). The summed E-state index contributed by atoms with van der Waals surface area (Å²) in [5.41, 5.74) is 0. The van der Waals surface area contributed by atoms with Crippen LogP contribution in [-0.2, 0) is 65.4 Å².